The maximum Gasteiger partial charge on any atom is 0.456 e. The van der Waals surface area contributed by atoms with Crippen molar-refractivity contribution in [3.8, 4) is 0 Å². The van der Waals surface area contributed by atoms with Gasteiger partial charge in [-0.1, -0.05) is 20.8 Å². The number of hydrogen-bond acceptors (Lipinski definition) is 4. The fraction of sp³-hybridized carbons (Fsp3) is 0.625. The Balaban J connectivity index is 3.28. The zero-order chi connectivity index (χ0) is 10.2. The maximum absolute atomic E-state index is 10.6. The Kier molecular flexibility index (Phi) is 2.11. The molecule has 0 aliphatic rings. The van der Waals surface area contributed by atoms with Crippen molar-refractivity contribution >= 4 is 5.88 Å². The van der Waals surface area contributed by atoms with Crippen LogP contribution in [-0.4, -0.2) is 9.91 Å². The van der Waals surface area contributed by atoms with Crippen LogP contribution in [0.3, 0.4) is 0 Å². The van der Waals surface area contributed by atoms with E-state index < -0.39 is 4.92 Å². The number of oxazole rings is 1. The Morgan fingerprint density at radius 1 is 1.46 bits per heavy atom. The van der Waals surface area contributed by atoms with Crippen molar-refractivity contribution < 1.29 is 9.34 Å². The molecule has 0 aromatic carbocycles. The topological polar surface area (TPSA) is 69.2 Å². The van der Waals surface area contributed by atoms with E-state index in [2.05, 4.69) is 4.98 Å². The Bertz CT molecular complexity index is 336. The summed E-state index contributed by atoms with van der Waals surface area (Å²) in [6.07, 6.45) is 0. The van der Waals surface area contributed by atoms with Crippen LogP contribution in [0.5, 0.6) is 0 Å². The third kappa shape index (κ3) is 1.85. The summed E-state index contributed by atoms with van der Waals surface area (Å²) in [4.78, 5) is 14.0. The molecule has 0 bridgehead atoms. The van der Waals surface area contributed by atoms with Gasteiger partial charge in [0, 0.05) is 12.3 Å². The molecule has 0 aliphatic carbocycles. The van der Waals surface area contributed by atoms with Crippen LogP contribution in [0.4, 0.5) is 5.88 Å². The lowest BCUT2D eigenvalue weighted by Gasteiger charge is -2.12. The second kappa shape index (κ2) is 2.83. The molecule has 0 atom stereocenters. The van der Waals surface area contributed by atoms with Gasteiger partial charge < -0.3 is 4.42 Å². The molecular formula is C8H12N2O3. The van der Waals surface area contributed by atoms with E-state index in [1.54, 1.807) is 6.92 Å². The first kappa shape index (κ1) is 9.70. The third-order valence-corrected chi connectivity index (χ3v) is 1.59. The summed E-state index contributed by atoms with van der Waals surface area (Å²) in [5.74, 6) is 0.0848. The standard InChI is InChI=1S/C8H12N2O3/c1-5-9-6(8(2,3)4)7(13-5)10(11)12/h1-4H3. The minimum absolute atomic E-state index is 0.245. The van der Waals surface area contributed by atoms with Gasteiger partial charge in [-0.3, -0.25) is 10.1 Å². The summed E-state index contributed by atoms with van der Waals surface area (Å²) >= 11 is 0. The Labute approximate surface area is 75.9 Å². The zero-order valence-electron chi connectivity index (χ0n) is 8.12. The molecule has 1 heterocycles. The molecule has 1 aromatic rings. The lowest BCUT2D eigenvalue weighted by molar-refractivity contribution is -0.403. The van der Waals surface area contributed by atoms with Crippen molar-refractivity contribution in [2.24, 2.45) is 0 Å². The van der Waals surface area contributed by atoms with Crippen LogP contribution in [0.25, 0.3) is 0 Å². The third-order valence-electron chi connectivity index (χ3n) is 1.59. The molecule has 5 heteroatoms. The van der Waals surface area contributed by atoms with Crippen LogP contribution in [0, 0.1) is 17.0 Å². The average Bonchev–Trinajstić information content (AvgIpc) is 2.29. The summed E-state index contributed by atoms with van der Waals surface area (Å²) in [6, 6.07) is 0. The zero-order valence-corrected chi connectivity index (χ0v) is 8.12. The van der Waals surface area contributed by atoms with Crippen LogP contribution in [-0.2, 0) is 5.41 Å². The number of nitrogens with zero attached hydrogens (tertiary/aromatic N) is 2. The van der Waals surface area contributed by atoms with Gasteiger partial charge in [-0.05, 0) is 0 Å². The first-order chi connectivity index (χ1) is 5.82. The second-order valence-corrected chi connectivity index (χ2v) is 3.89. The van der Waals surface area contributed by atoms with Crippen LogP contribution >= 0.6 is 0 Å². The van der Waals surface area contributed by atoms with E-state index in [4.69, 9.17) is 4.42 Å². The van der Waals surface area contributed by atoms with E-state index in [0.717, 1.165) is 0 Å². The molecule has 0 amide bonds. The number of aryl methyl sites for hydroxylation is 1. The van der Waals surface area contributed by atoms with Gasteiger partial charge >= 0.3 is 5.88 Å². The largest absolute Gasteiger partial charge is 0.456 e. The number of hydrogen-bond donors (Lipinski definition) is 0. The second-order valence-electron chi connectivity index (χ2n) is 3.89. The number of nitro groups is 1. The highest BCUT2D eigenvalue weighted by atomic mass is 16.6. The van der Waals surface area contributed by atoms with E-state index >= 15 is 0 Å². The fourth-order valence-corrected chi connectivity index (χ4v) is 1.03. The predicted octanol–water partition coefficient (Wildman–Crippen LogP) is 2.19. The van der Waals surface area contributed by atoms with Gasteiger partial charge in [0.2, 0.25) is 0 Å². The van der Waals surface area contributed by atoms with Crippen LogP contribution < -0.4 is 0 Å². The molecule has 5 nitrogen and oxygen atoms in total. The van der Waals surface area contributed by atoms with Gasteiger partial charge in [0.1, 0.15) is 4.92 Å². The molecule has 1 rings (SSSR count). The van der Waals surface area contributed by atoms with Gasteiger partial charge in [-0.15, -0.1) is 0 Å². The van der Waals surface area contributed by atoms with E-state index in [9.17, 15) is 10.1 Å². The van der Waals surface area contributed by atoms with Crippen molar-refractivity contribution in [3.05, 3.63) is 21.7 Å². The van der Waals surface area contributed by atoms with Gasteiger partial charge in [0.15, 0.2) is 11.6 Å². The predicted molar refractivity (Wildman–Crippen MR) is 46.6 cm³/mol. The van der Waals surface area contributed by atoms with Gasteiger partial charge in [0.25, 0.3) is 0 Å². The molecule has 72 valence electrons. The van der Waals surface area contributed by atoms with E-state index in [1.165, 1.54) is 0 Å². The highest BCUT2D eigenvalue weighted by molar-refractivity contribution is 5.29. The summed E-state index contributed by atoms with van der Waals surface area (Å²) in [7, 11) is 0. The van der Waals surface area contributed by atoms with Crippen molar-refractivity contribution in [3.63, 3.8) is 0 Å². The molecule has 0 saturated carbocycles. The SMILES string of the molecule is Cc1nc(C(C)(C)C)c([N+](=O)[O-])o1. The van der Waals surface area contributed by atoms with Gasteiger partial charge in [-0.25, -0.2) is 4.98 Å². The highest BCUT2D eigenvalue weighted by Crippen LogP contribution is 2.30. The molecule has 0 spiro atoms. The van der Waals surface area contributed by atoms with Gasteiger partial charge in [-0.2, -0.15) is 0 Å². The quantitative estimate of drug-likeness (QED) is 0.495. The van der Waals surface area contributed by atoms with E-state index in [0.29, 0.717) is 11.6 Å². The summed E-state index contributed by atoms with van der Waals surface area (Å²) in [5, 5.41) is 10.6. The first-order valence-corrected chi connectivity index (χ1v) is 3.94. The smallest absolute Gasteiger partial charge is 0.385 e. The van der Waals surface area contributed by atoms with Crippen molar-refractivity contribution in [1.29, 1.82) is 0 Å². The molecule has 0 fully saturated rings. The first-order valence-electron chi connectivity index (χ1n) is 3.94. The van der Waals surface area contributed by atoms with E-state index in [1.807, 2.05) is 20.8 Å². The molecular weight excluding hydrogens is 172 g/mol. The molecule has 1 aromatic heterocycles. The van der Waals surface area contributed by atoms with Crippen molar-refractivity contribution in [2.75, 3.05) is 0 Å². The summed E-state index contributed by atoms with van der Waals surface area (Å²) in [6.45, 7) is 7.17. The highest BCUT2D eigenvalue weighted by Gasteiger charge is 2.31. The minimum Gasteiger partial charge on any atom is -0.385 e. The lowest BCUT2D eigenvalue weighted by atomic mass is 9.92. The van der Waals surface area contributed by atoms with Crippen molar-refractivity contribution in [2.45, 2.75) is 33.1 Å². The Hall–Kier alpha value is -1.39. The molecule has 0 N–H and O–H groups in total. The molecule has 0 saturated heterocycles. The summed E-state index contributed by atoms with van der Waals surface area (Å²) in [5.41, 5.74) is 0.0372. The van der Waals surface area contributed by atoms with E-state index in [-0.39, 0.29) is 11.3 Å². The lowest BCUT2D eigenvalue weighted by Crippen LogP contribution is -2.13. The van der Waals surface area contributed by atoms with Gasteiger partial charge in [0.05, 0.1) is 0 Å². The monoisotopic (exact) mass is 184 g/mol. The molecule has 0 unspecified atom stereocenters. The molecule has 0 radical (unpaired) electrons. The van der Waals surface area contributed by atoms with Crippen LogP contribution in [0.15, 0.2) is 4.42 Å². The number of aromatic nitrogens is 1. The normalized spacial score (nSPS) is 11.7. The average molecular weight is 184 g/mol. The minimum atomic E-state index is -0.541. The maximum atomic E-state index is 10.6. The summed E-state index contributed by atoms with van der Waals surface area (Å²) < 4.78 is 4.89. The Morgan fingerprint density at radius 3 is 2.31 bits per heavy atom. The number of rotatable bonds is 1. The Morgan fingerprint density at radius 2 is 2.00 bits per heavy atom. The molecule has 13 heavy (non-hydrogen) atoms. The van der Waals surface area contributed by atoms with Crippen LogP contribution in [0.1, 0.15) is 32.4 Å². The molecule has 0 aliphatic heterocycles. The van der Waals surface area contributed by atoms with Crippen molar-refractivity contribution in [1.82, 2.24) is 4.98 Å². The fourth-order valence-electron chi connectivity index (χ4n) is 1.03. The van der Waals surface area contributed by atoms with Crippen LogP contribution in [0.2, 0.25) is 0 Å².